The Morgan fingerprint density at radius 3 is 2.78 bits per heavy atom. The Morgan fingerprint density at radius 2 is 2.06 bits per heavy atom. The molecular weight excluding hydrogens is 495 g/mol. The van der Waals surface area contributed by atoms with E-state index in [0.29, 0.717) is 28.9 Å². The lowest BCUT2D eigenvalue weighted by atomic mass is 10.00. The number of thiazole rings is 1. The predicted molar refractivity (Wildman–Crippen MR) is 129 cm³/mol. The van der Waals surface area contributed by atoms with Crippen LogP contribution in [0.15, 0.2) is 36.7 Å². The molecule has 3 aromatic heterocycles. The summed E-state index contributed by atoms with van der Waals surface area (Å²) in [5, 5.41) is 19.1. The van der Waals surface area contributed by atoms with Crippen molar-refractivity contribution in [3.8, 4) is 28.1 Å². The fourth-order valence-corrected chi connectivity index (χ4v) is 5.16. The van der Waals surface area contributed by atoms with E-state index in [9.17, 15) is 18.0 Å². The number of nitrogens with zero attached hydrogens (tertiary/aromatic N) is 5. The largest absolute Gasteiger partial charge is 0.491 e. The first-order valence-corrected chi connectivity index (χ1v) is 12.0. The zero-order valence-electron chi connectivity index (χ0n) is 19.3. The van der Waals surface area contributed by atoms with Crippen LogP contribution in [0.5, 0.6) is 5.75 Å². The Labute approximate surface area is 207 Å². The number of H-pyrrole nitrogens is 1. The predicted octanol–water partition coefficient (Wildman–Crippen LogP) is 4.19. The van der Waals surface area contributed by atoms with Crippen molar-refractivity contribution in [3.05, 3.63) is 36.7 Å². The number of carbonyl (C=O) groups is 1. The summed E-state index contributed by atoms with van der Waals surface area (Å²) in [7, 11) is 2.00. The van der Waals surface area contributed by atoms with Gasteiger partial charge in [-0.15, -0.1) is 10.2 Å². The molecule has 0 unspecified atom stereocenters. The van der Waals surface area contributed by atoms with Gasteiger partial charge in [-0.05, 0) is 50.1 Å². The summed E-state index contributed by atoms with van der Waals surface area (Å²) in [4.78, 5) is 18.4. The van der Waals surface area contributed by atoms with Gasteiger partial charge in [-0.25, -0.2) is 4.79 Å². The van der Waals surface area contributed by atoms with Crippen LogP contribution in [-0.4, -0.2) is 63.2 Å². The maximum absolute atomic E-state index is 13.0. The molecule has 0 saturated carbocycles. The third-order valence-corrected chi connectivity index (χ3v) is 7.19. The minimum Gasteiger partial charge on any atom is -0.419 e. The second kappa shape index (κ2) is 9.47. The van der Waals surface area contributed by atoms with Crippen LogP contribution in [0.25, 0.3) is 32.7 Å². The van der Waals surface area contributed by atoms with Gasteiger partial charge in [0.2, 0.25) is 0 Å². The van der Waals surface area contributed by atoms with Crippen LogP contribution in [0.4, 0.5) is 18.3 Å². The third-order valence-electron chi connectivity index (χ3n) is 6.11. The number of rotatable bonds is 5. The average Bonchev–Trinajstić information content (AvgIpc) is 3.53. The number of aromatic nitrogens is 5. The number of aromatic amines is 1. The van der Waals surface area contributed by atoms with Crippen molar-refractivity contribution in [1.82, 2.24) is 30.7 Å². The first-order chi connectivity index (χ1) is 17.2. The standard InChI is InChI=1S/C23H22F3N7O2S/c1-12-7-15(5-6-27-12)33(2)22-30-20-19(36-22)9-17(31-32-20)16-4-3-13(14-10-28-29-11-14)8-18(16)35-21(34)23(24,25)26/h3-4,8-12,15,27H,5-7H2,1-2H3,(H,28,29)/t12-,15-/m0/s1. The molecule has 9 nitrogen and oxygen atoms in total. The molecule has 1 aliphatic rings. The number of halogens is 3. The molecule has 2 atom stereocenters. The second-order valence-corrected chi connectivity index (χ2v) is 9.65. The molecule has 1 aliphatic heterocycles. The van der Waals surface area contributed by atoms with E-state index in [2.05, 4.69) is 42.5 Å². The lowest BCUT2D eigenvalue weighted by Crippen LogP contribution is -2.45. The van der Waals surface area contributed by atoms with Gasteiger partial charge in [-0.2, -0.15) is 23.3 Å². The summed E-state index contributed by atoms with van der Waals surface area (Å²) in [6, 6.07) is 7.01. The zero-order chi connectivity index (χ0) is 25.4. The van der Waals surface area contributed by atoms with Gasteiger partial charge >= 0.3 is 12.1 Å². The highest BCUT2D eigenvalue weighted by molar-refractivity contribution is 7.22. The van der Waals surface area contributed by atoms with Crippen molar-refractivity contribution in [1.29, 1.82) is 0 Å². The number of hydrogen-bond acceptors (Lipinski definition) is 9. The molecule has 0 amide bonds. The lowest BCUT2D eigenvalue weighted by molar-refractivity contribution is -0.189. The quantitative estimate of drug-likeness (QED) is 0.300. The first kappa shape index (κ1) is 24.1. The molecule has 36 heavy (non-hydrogen) atoms. The van der Waals surface area contributed by atoms with Gasteiger partial charge in [0, 0.05) is 36.5 Å². The van der Waals surface area contributed by atoms with E-state index in [1.54, 1.807) is 24.4 Å². The lowest BCUT2D eigenvalue weighted by Gasteiger charge is -2.34. The zero-order valence-corrected chi connectivity index (χ0v) is 20.2. The summed E-state index contributed by atoms with van der Waals surface area (Å²) in [6.45, 7) is 3.08. The van der Waals surface area contributed by atoms with Crippen LogP contribution in [-0.2, 0) is 4.79 Å². The maximum atomic E-state index is 13.0. The number of alkyl halides is 3. The van der Waals surface area contributed by atoms with Gasteiger partial charge in [0.1, 0.15) is 5.75 Å². The number of nitrogens with one attached hydrogen (secondary N) is 2. The fourth-order valence-electron chi connectivity index (χ4n) is 4.19. The van der Waals surface area contributed by atoms with Crippen LogP contribution < -0.4 is 15.0 Å². The summed E-state index contributed by atoms with van der Waals surface area (Å²) < 4.78 is 44.4. The molecule has 4 heterocycles. The number of ether oxygens (including phenoxy) is 1. The number of benzene rings is 1. The number of hydrogen-bond donors (Lipinski definition) is 2. The summed E-state index contributed by atoms with van der Waals surface area (Å²) in [5.74, 6) is -2.60. The van der Waals surface area contributed by atoms with Crippen LogP contribution in [0.2, 0.25) is 0 Å². The van der Waals surface area contributed by atoms with Crippen molar-refractivity contribution in [2.75, 3.05) is 18.5 Å². The Morgan fingerprint density at radius 1 is 1.22 bits per heavy atom. The van der Waals surface area contributed by atoms with Gasteiger partial charge in [0.15, 0.2) is 10.8 Å². The third kappa shape index (κ3) is 4.88. The van der Waals surface area contributed by atoms with Gasteiger partial charge in [-0.1, -0.05) is 17.4 Å². The van der Waals surface area contributed by atoms with E-state index in [0.717, 1.165) is 29.2 Å². The monoisotopic (exact) mass is 517 g/mol. The maximum Gasteiger partial charge on any atom is 0.491 e. The molecule has 0 bridgehead atoms. The molecule has 4 aromatic rings. The molecule has 0 aliphatic carbocycles. The number of fused-ring (bicyclic) bond motifs is 1. The van der Waals surface area contributed by atoms with Crippen molar-refractivity contribution >= 4 is 32.8 Å². The first-order valence-electron chi connectivity index (χ1n) is 11.2. The smallest absolute Gasteiger partial charge is 0.419 e. The molecule has 2 N–H and O–H groups in total. The van der Waals surface area contributed by atoms with Crippen molar-refractivity contribution in [2.45, 2.75) is 38.0 Å². The van der Waals surface area contributed by atoms with Gasteiger partial charge < -0.3 is 15.0 Å². The Bertz CT molecular complexity index is 1390. The van der Waals surface area contributed by atoms with E-state index < -0.39 is 12.1 Å². The van der Waals surface area contributed by atoms with E-state index >= 15 is 0 Å². The van der Waals surface area contributed by atoms with E-state index in [4.69, 9.17) is 4.74 Å². The molecule has 1 fully saturated rings. The molecule has 13 heteroatoms. The summed E-state index contributed by atoms with van der Waals surface area (Å²) in [6.07, 6.45) is -0.0871. The average molecular weight is 518 g/mol. The van der Waals surface area contributed by atoms with Crippen LogP contribution in [0, 0.1) is 0 Å². The van der Waals surface area contributed by atoms with Crippen LogP contribution >= 0.6 is 11.3 Å². The molecule has 1 aromatic carbocycles. The number of anilines is 1. The van der Waals surface area contributed by atoms with Gasteiger partial charge in [-0.3, -0.25) is 5.10 Å². The van der Waals surface area contributed by atoms with Crippen LogP contribution in [0.3, 0.4) is 0 Å². The number of carbonyl (C=O) groups excluding carboxylic acids is 1. The topological polar surface area (TPSA) is 109 Å². The second-order valence-electron chi connectivity index (χ2n) is 8.64. The highest BCUT2D eigenvalue weighted by atomic mass is 32.1. The summed E-state index contributed by atoms with van der Waals surface area (Å²) >= 11 is 1.43. The van der Waals surface area contributed by atoms with E-state index in [1.165, 1.54) is 23.6 Å². The molecular formula is C23H22F3N7O2S. The SMILES string of the molecule is C[C@H]1C[C@@H](N(C)c2nc3nnc(-c4ccc(-c5cn[nH]c5)cc4OC(=O)C(F)(F)F)cc3s2)CCN1. The normalized spacial score (nSPS) is 18.4. The highest BCUT2D eigenvalue weighted by Gasteiger charge is 2.42. The number of esters is 1. The number of piperidine rings is 1. The van der Waals surface area contributed by atoms with Gasteiger partial charge in [0.05, 0.1) is 16.6 Å². The van der Waals surface area contributed by atoms with Crippen LogP contribution in [0.1, 0.15) is 19.8 Å². The fraction of sp³-hybridized carbons (Fsp3) is 0.348. The van der Waals surface area contributed by atoms with Gasteiger partial charge in [0.25, 0.3) is 0 Å². The Kier molecular flexibility index (Phi) is 6.35. The minimum atomic E-state index is -5.15. The summed E-state index contributed by atoms with van der Waals surface area (Å²) in [5.41, 5.74) is 2.04. The molecule has 1 saturated heterocycles. The van der Waals surface area contributed by atoms with Crippen molar-refractivity contribution in [3.63, 3.8) is 0 Å². The van der Waals surface area contributed by atoms with E-state index in [-0.39, 0.29) is 17.0 Å². The van der Waals surface area contributed by atoms with Crippen molar-refractivity contribution < 1.29 is 22.7 Å². The molecule has 0 spiro atoms. The molecule has 188 valence electrons. The van der Waals surface area contributed by atoms with Crippen molar-refractivity contribution in [2.24, 2.45) is 0 Å². The Hall–Kier alpha value is -3.58. The molecule has 0 radical (unpaired) electrons. The molecule has 5 rings (SSSR count). The minimum absolute atomic E-state index is 0.199. The highest BCUT2D eigenvalue weighted by Crippen LogP contribution is 2.37. The Balaban J connectivity index is 1.50. The van der Waals surface area contributed by atoms with E-state index in [1.807, 2.05) is 7.05 Å².